The molecule has 2 fully saturated rings. The molecular weight excluding hydrogens is 263 g/mol. The van der Waals surface area contributed by atoms with E-state index in [0.717, 1.165) is 43.2 Å². The Kier molecular flexibility index (Phi) is 4.79. The van der Waals surface area contributed by atoms with Crippen molar-refractivity contribution in [2.24, 2.45) is 5.92 Å². The van der Waals surface area contributed by atoms with Crippen LogP contribution in [0.25, 0.3) is 0 Å². The Morgan fingerprint density at radius 1 is 1.14 bits per heavy atom. The number of nitrogens with one attached hydrogen (secondary N) is 1. The van der Waals surface area contributed by atoms with Crippen molar-refractivity contribution in [3.63, 3.8) is 0 Å². The Bertz CT molecular complexity index is 468. The molecule has 0 spiro atoms. The van der Waals surface area contributed by atoms with Crippen molar-refractivity contribution in [1.82, 2.24) is 5.32 Å². The van der Waals surface area contributed by atoms with Crippen LogP contribution in [0.2, 0.25) is 0 Å². The highest BCUT2D eigenvalue weighted by Gasteiger charge is 2.27. The molecule has 1 aromatic carbocycles. The number of benzene rings is 1. The van der Waals surface area contributed by atoms with Crippen molar-refractivity contribution in [1.29, 1.82) is 0 Å². The topological polar surface area (TPSA) is 15.3 Å². The molecule has 3 heteroatoms. The molecule has 0 radical (unpaired) electrons. The van der Waals surface area contributed by atoms with Gasteiger partial charge in [0.1, 0.15) is 5.82 Å². The fourth-order valence-corrected chi connectivity index (χ4v) is 3.89. The van der Waals surface area contributed by atoms with Gasteiger partial charge in [-0.05, 0) is 56.3 Å². The summed E-state index contributed by atoms with van der Waals surface area (Å²) in [5, 5.41) is 3.72. The number of hydrogen-bond donors (Lipinski definition) is 1. The maximum atomic E-state index is 14.3. The van der Waals surface area contributed by atoms with Gasteiger partial charge in [0.15, 0.2) is 0 Å². The third kappa shape index (κ3) is 3.57. The molecule has 1 saturated heterocycles. The third-order valence-corrected chi connectivity index (χ3v) is 5.09. The van der Waals surface area contributed by atoms with Gasteiger partial charge in [0.25, 0.3) is 0 Å². The molecule has 0 amide bonds. The maximum absolute atomic E-state index is 14.3. The standard InChI is InChI=1S/C18H27FN2/c1-14-8-9-18(16(19)12-14)21-11-5-10-20-17(13-21)15-6-3-2-4-7-15/h8-9,12,15,17,20H,2-7,10-11,13H2,1H3. The molecule has 1 aliphatic heterocycles. The summed E-state index contributed by atoms with van der Waals surface area (Å²) in [5.74, 6) is 0.701. The van der Waals surface area contributed by atoms with Crippen molar-refractivity contribution in [3.05, 3.63) is 29.6 Å². The molecule has 1 aromatic rings. The highest BCUT2D eigenvalue weighted by atomic mass is 19.1. The van der Waals surface area contributed by atoms with Crippen LogP contribution >= 0.6 is 0 Å². The predicted octanol–water partition coefficient (Wildman–Crippen LogP) is 3.88. The summed E-state index contributed by atoms with van der Waals surface area (Å²) in [6.45, 7) is 4.91. The number of aryl methyl sites for hydroxylation is 1. The minimum atomic E-state index is -0.0701. The van der Waals surface area contributed by atoms with Crippen LogP contribution in [-0.4, -0.2) is 25.7 Å². The van der Waals surface area contributed by atoms with Crippen LogP contribution in [0.5, 0.6) is 0 Å². The van der Waals surface area contributed by atoms with E-state index in [4.69, 9.17) is 0 Å². The first-order valence-corrected chi connectivity index (χ1v) is 8.48. The molecule has 21 heavy (non-hydrogen) atoms. The lowest BCUT2D eigenvalue weighted by atomic mass is 9.83. The number of anilines is 1. The van der Waals surface area contributed by atoms with Crippen molar-refractivity contribution >= 4 is 5.69 Å². The van der Waals surface area contributed by atoms with Crippen molar-refractivity contribution in [2.45, 2.75) is 51.5 Å². The third-order valence-electron chi connectivity index (χ3n) is 5.09. The van der Waals surface area contributed by atoms with Gasteiger partial charge in [0, 0.05) is 19.1 Å². The molecule has 0 bridgehead atoms. The number of rotatable bonds is 2. The molecule has 1 saturated carbocycles. The lowest BCUT2D eigenvalue weighted by molar-refractivity contribution is 0.277. The van der Waals surface area contributed by atoms with Gasteiger partial charge in [0.2, 0.25) is 0 Å². The van der Waals surface area contributed by atoms with Crippen LogP contribution < -0.4 is 10.2 Å². The molecule has 2 nitrogen and oxygen atoms in total. The van der Waals surface area contributed by atoms with Crippen LogP contribution in [0.15, 0.2) is 18.2 Å². The van der Waals surface area contributed by atoms with E-state index in [1.807, 2.05) is 19.1 Å². The largest absolute Gasteiger partial charge is 0.368 e. The van der Waals surface area contributed by atoms with Gasteiger partial charge in [-0.3, -0.25) is 0 Å². The van der Waals surface area contributed by atoms with Crippen molar-refractivity contribution < 1.29 is 4.39 Å². The smallest absolute Gasteiger partial charge is 0.146 e. The van der Waals surface area contributed by atoms with Gasteiger partial charge in [-0.15, -0.1) is 0 Å². The summed E-state index contributed by atoms with van der Waals surface area (Å²) in [5.41, 5.74) is 1.78. The Morgan fingerprint density at radius 3 is 2.71 bits per heavy atom. The zero-order chi connectivity index (χ0) is 14.7. The molecule has 0 aromatic heterocycles. The molecular formula is C18H27FN2. The van der Waals surface area contributed by atoms with Crippen LogP contribution in [0.4, 0.5) is 10.1 Å². The zero-order valence-electron chi connectivity index (χ0n) is 13.1. The summed E-state index contributed by atoms with van der Waals surface area (Å²) >= 11 is 0. The van der Waals surface area contributed by atoms with Gasteiger partial charge in [-0.1, -0.05) is 25.3 Å². The highest BCUT2D eigenvalue weighted by molar-refractivity contribution is 5.49. The second-order valence-corrected chi connectivity index (χ2v) is 6.71. The Hall–Kier alpha value is -1.09. The zero-order valence-corrected chi connectivity index (χ0v) is 13.1. The van der Waals surface area contributed by atoms with Crippen LogP contribution in [0, 0.1) is 18.7 Å². The first-order valence-electron chi connectivity index (χ1n) is 8.48. The second kappa shape index (κ2) is 6.78. The molecule has 1 aliphatic carbocycles. The predicted molar refractivity (Wildman–Crippen MR) is 86.3 cm³/mol. The summed E-state index contributed by atoms with van der Waals surface area (Å²) in [6.07, 6.45) is 7.88. The average Bonchev–Trinajstić information content (AvgIpc) is 2.74. The van der Waals surface area contributed by atoms with E-state index in [9.17, 15) is 4.39 Å². The Balaban J connectivity index is 1.75. The lowest BCUT2D eigenvalue weighted by Crippen LogP contribution is -2.44. The quantitative estimate of drug-likeness (QED) is 0.889. The summed E-state index contributed by atoms with van der Waals surface area (Å²) < 4.78 is 14.3. The SMILES string of the molecule is Cc1ccc(N2CCCNC(C3CCCCC3)C2)c(F)c1. The van der Waals surface area contributed by atoms with E-state index in [0.29, 0.717) is 6.04 Å². The molecule has 3 rings (SSSR count). The summed E-state index contributed by atoms with van der Waals surface area (Å²) in [6, 6.07) is 6.15. The van der Waals surface area contributed by atoms with E-state index >= 15 is 0 Å². The average molecular weight is 290 g/mol. The van der Waals surface area contributed by atoms with E-state index < -0.39 is 0 Å². The van der Waals surface area contributed by atoms with Crippen molar-refractivity contribution in [3.8, 4) is 0 Å². The molecule has 1 atom stereocenters. The summed E-state index contributed by atoms with van der Waals surface area (Å²) in [7, 11) is 0. The minimum absolute atomic E-state index is 0.0701. The lowest BCUT2D eigenvalue weighted by Gasteiger charge is -2.33. The fourth-order valence-electron chi connectivity index (χ4n) is 3.89. The van der Waals surface area contributed by atoms with Gasteiger partial charge in [-0.25, -0.2) is 4.39 Å². The van der Waals surface area contributed by atoms with Crippen LogP contribution in [-0.2, 0) is 0 Å². The Labute approximate surface area is 127 Å². The van der Waals surface area contributed by atoms with Crippen LogP contribution in [0.3, 0.4) is 0 Å². The number of hydrogen-bond acceptors (Lipinski definition) is 2. The first-order chi connectivity index (χ1) is 10.2. The van der Waals surface area contributed by atoms with Gasteiger partial charge in [0.05, 0.1) is 5.69 Å². The second-order valence-electron chi connectivity index (χ2n) is 6.71. The van der Waals surface area contributed by atoms with Crippen LogP contribution in [0.1, 0.15) is 44.1 Å². The van der Waals surface area contributed by atoms with Gasteiger partial charge in [-0.2, -0.15) is 0 Å². The molecule has 1 heterocycles. The van der Waals surface area contributed by atoms with E-state index in [2.05, 4.69) is 10.2 Å². The maximum Gasteiger partial charge on any atom is 0.146 e. The number of nitrogens with zero attached hydrogens (tertiary/aromatic N) is 1. The molecule has 2 aliphatic rings. The fraction of sp³-hybridized carbons (Fsp3) is 0.667. The van der Waals surface area contributed by atoms with Gasteiger partial charge < -0.3 is 10.2 Å². The van der Waals surface area contributed by atoms with Gasteiger partial charge >= 0.3 is 0 Å². The highest BCUT2D eigenvalue weighted by Crippen LogP contribution is 2.29. The van der Waals surface area contributed by atoms with E-state index in [-0.39, 0.29) is 5.82 Å². The summed E-state index contributed by atoms with van der Waals surface area (Å²) in [4.78, 5) is 2.26. The van der Waals surface area contributed by atoms with Crippen molar-refractivity contribution in [2.75, 3.05) is 24.5 Å². The Morgan fingerprint density at radius 2 is 1.95 bits per heavy atom. The minimum Gasteiger partial charge on any atom is -0.368 e. The van der Waals surface area contributed by atoms with E-state index in [1.165, 1.54) is 32.1 Å². The van der Waals surface area contributed by atoms with E-state index in [1.54, 1.807) is 6.07 Å². The molecule has 1 N–H and O–H groups in total. The molecule has 1 unspecified atom stereocenters. The molecule has 116 valence electrons. The number of halogens is 1. The first kappa shape index (κ1) is 14.8. The monoisotopic (exact) mass is 290 g/mol. The normalized spacial score (nSPS) is 24.9.